The smallest absolute Gasteiger partial charge is 0.240 e. The lowest BCUT2D eigenvalue weighted by Gasteiger charge is -2.11. The van der Waals surface area contributed by atoms with E-state index in [1.807, 2.05) is 17.7 Å². The Kier molecular flexibility index (Phi) is 5.57. The van der Waals surface area contributed by atoms with Crippen LogP contribution in [0.1, 0.15) is 18.9 Å². The maximum Gasteiger partial charge on any atom is 0.240 e. The fourth-order valence-electron chi connectivity index (χ4n) is 2.17. The third kappa shape index (κ3) is 4.08. The molecule has 1 heterocycles. The Morgan fingerprint density at radius 3 is 2.82 bits per heavy atom. The van der Waals surface area contributed by atoms with E-state index in [1.54, 1.807) is 37.8 Å². The SMILES string of the molecule is CCc1cc(S(=O)(=O)NCCCn2ccnc2)ccc1OC. The number of rotatable bonds is 8. The summed E-state index contributed by atoms with van der Waals surface area (Å²) in [5, 5.41) is 0. The van der Waals surface area contributed by atoms with Crippen LogP contribution >= 0.6 is 0 Å². The molecule has 22 heavy (non-hydrogen) atoms. The summed E-state index contributed by atoms with van der Waals surface area (Å²) in [6, 6.07) is 4.92. The van der Waals surface area contributed by atoms with Gasteiger partial charge in [-0.2, -0.15) is 0 Å². The van der Waals surface area contributed by atoms with Gasteiger partial charge in [0.05, 0.1) is 18.3 Å². The predicted octanol–water partition coefficient (Wildman–Crippen LogP) is 1.82. The summed E-state index contributed by atoms with van der Waals surface area (Å²) in [4.78, 5) is 4.22. The highest BCUT2D eigenvalue weighted by molar-refractivity contribution is 7.89. The molecular formula is C15H21N3O3S. The zero-order chi connectivity index (χ0) is 16.0. The van der Waals surface area contributed by atoms with Gasteiger partial charge in [-0.1, -0.05) is 6.92 Å². The Hall–Kier alpha value is -1.86. The number of hydrogen-bond acceptors (Lipinski definition) is 4. The Bertz CT molecular complexity index is 697. The fraction of sp³-hybridized carbons (Fsp3) is 0.400. The maximum absolute atomic E-state index is 12.3. The molecule has 120 valence electrons. The first-order chi connectivity index (χ1) is 10.6. The molecule has 6 nitrogen and oxygen atoms in total. The second kappa shape index (κ2) is 7.42. The molecule has 0 spiro atoms. The molecule has 0 radical (unpaired) electrons. The first-order valence-corrected chi connectivity index (χ1v) is 8.67. The average Bonchev–Trinajstić information content (AvgIpc) is 3.04. The summed E-state index contributed by atoms with van der Waals surface area (Å²) >= 11 is 0. The topological polar surface area (TPSA) is 73.2 Å². The predicted molar refractivity (Wildman–Crippen MR) is 84.4 cm³/mol. The first-order valence-electron chi connectivity index (χ1n) is 7.19. The standard InChI is InChI=1S/C15H21N3O3S/c1-3-13-11-14(5-6-15(13)21-2)22(19,20)17-7-4-9-18-10-8-16-12-18/h5-6,8,10-12,17H,3-4,7,9H2,1-2H3. The van der Waals surface area contributed by atoms with Gasteiger partial charge in [0.2, 0.25) is 10.0 Å². The molecule has 0 aliphatic heterocycles. The van der Waals surface area contributed by atoms with Crippen molar-refractivity contribution in [3.8, 4) is 5.75 Å². The van der Waals surface area contributed by atoms with Crippen molar-refractivity contribution in [1.82, 2.24) is 14.3 Å². The molecule has 0 saturated carbocycles. The van der Waals surface area contributed by atoms with E-state index >= 15 is 0 Å². The van der Waals surface area contributed by atoms with Gasteiger partial charge in [0.15, 0.2) is 0 Å². The van der Waals surface area contributed by atoms with Crippen LogP contribution < -0.4 is 9.46 Å². The molecule has 2 rings (SSSR count). The third-order valence-electron chi connectivity index (χ3n) is 3.39. The molecule has 0 amide bonds. The van der Waals surface area contributed by atoms with Gasteiger partial charge in [-0.05, 0) is 36.6 Å². The summed E-state index contributed by atoms with van der Waals surface area (Å²) in [5.41, 5.74) is 0.879. The van der Waals surface area contributed by atoms with Crippen molar-refractivity contribution in [2.24, 2.45) is 0 Å². The monoisotopic (exact) mass is 323 g/mol. The number of nitrogens with zero attached hydrogens (tertiary/aromatic N) is 2. The Morgan fingerprint density at radius 1 is 1.36 bits per heavy atom. The van der Waals surface area contributed by atoms with E-state index in [1.165, 1.54) is 0 Å². The number of imidazole rings is 1. The van der Waals surface area contributed by atoms with E-state index in [0.717, 1.165) is 12.1 Å². The highest BCUT2D eigenvalue weighted by Gasteiger charge is 2.15. The van der Waals surface area contributed by atoms with Crippen molar-refractivity contribution in [3.63, 3.8) is 0 Å². The summed E-state index contributed by atoms with van der Waals surface area (Å²) < 4.78 is 34.3. The van der Waals surface area contributed by atoms with E-state index in [4.69, 9.17) is 4.74 Å². The van der Waals surface area contributed by atoms with Crippen molar-refractivity contribution in [2.45, 2.75) is 31.2 Å². The second-order valence-electron chi connectivity index (χ2n) is 4.88. The van der Waals surface area contributed by atoms with E-state index < -0.39 is 10.0 Å². The Labute approximate surface area is 131 Å². The van der Waals surface area contributed by atoms with Crippen molar-refractivity contribution in [2.75, 3.05) is 13.7 Å². The minimum Gasteiger partial charge on any atom is -0.496 e. The largest absolute Gasteiger partial charge is 0.496 e. The van der Waals surface area contributed by atoms with Crippen LogP contribution in [0.4, 0.5) is 0 Å². The molecule has 1 aromatic carbocycles. The van der Waals surface area contributed by atoms with Crippen molar-refractivity contribution < 1.29 is 13.2 Å². The maximum atomic E-state index is 12.3. The molecule has 1 N–H and O–H groups in total. The molecule has 0 saturated heterocycles. The lowest BCUT2D eigenvalue weighted by atomic mass is 10.1. The summed E-state index contributed by atoms with van der Waals surface area (Å²) in [6.45, 7) is 3.08. The molecule has 0 aliphatic rings. The van der Waals surface area contributed by atoms with Gasteiger partial charge in [-0.3, -0.25) is 0 Å². The van der Waals surface area contributed by atoms with Gasteiger partial charge in [0.1, 0.15) is 5.75 Å². The van der Waals surface area contributed by atoms with E-state index in [2.05, 4.69) is 9.71 Å². The minimum absolute atomic E-state index is 0.271. The summed E-state index contributed by atoms with van der Waals surface area (Å²) in [7, 11) is -1.91. The molecular weight excluding hydrogens is 302 g/mol. The van der Waals surface area contributed by atoms with Crippen LogP contribution in [0.5, 0.6) is 5.75 Å². The Balaban J connectivity index is 1.97. The van der Waals surface area contributed by atoms with Gasteiger partial charge in [-0.15, -0.1) is 0 Å². The van der Waals surface area contributed by atoms with Gasteiger partial charge in [-0.25, -0.2) is 18.1 Å². The normalized spacial score (nSPS) is 11.5. The van der Waals surface area contributed by atoms with E-state index in [0.29, 0.717) is 25.1 Å². The number of sulfonamides is 1. The molecule has 1 aromatic heterocycles. The molecule has 0 unspecified atom stereocenters. The fourth-order valence-corrected chi connectivity index (χ4v) is 3.29. The van der Waals surface area contributed by atoms with Crippen molar-refractivity contribution in [1.29, 1.82) is 0 Å². The van der Waals surface area contributed by atoms with Gasteiger partial charge in [0, 0.05) is 25.5 Å². The van der Waals surface area contributed by atoms with E-state index in [-0.39, 0.29) is 4.90 Å². The minimum atomic E-state index is -3.49. The van der Waals surface area contributed by atoms with Crippen LogP contribution in [0.2, 0.25) is 0 Å². The first kappa shape index (κ1) is 16.5. The highest BCUT2D eigenvalue weighted by atomic mass is 32.2. The van der Waals surface area contributed by atoms with Crippen LogP contribution in [-0.4, -0.2) is 31.6 Å². The number of hydrogen-bond donors (Lipinski definition) is 1. The van der Waals surface area contributed by atoms with Crippen LogP contribution in [0.25, 0.3) is 0 Å². The number of methoxy groups -OCH3 is 1. The zero-order valence-corrected chi connectivity index (χ0v) is 13.6. The quantitative estimate of drug-likeness (QED) is 0.752. The lowest BCUT2D eigenvalue weighted by molar-refractivity contribution is 0.409. The van der Waals surface area contributed by atoms with Gasteiger partial charge in [0.25, 0.3) is 0 Å². The number of nitrogens with one attached hydrogen (secondary N) is 1. The molecule has 0 atom stereocenters. The highest BCUT2D eigenvalue weighted by Crippen LogP contribution is 2.22. The van der Waals surface area contributed by atoms with Crippen LogP contribution in [0.15, 0.2) is 41.8 Å². The lowest BCUT2D eigenvalue weighted by Crippen LogP contribution is -2.25. The zero-order valence-electron chi connectivity index (χ0n) is 12.8. The van der Waals surface area contributed by atoms with E-state index in [9.17, 15) is 8.42 Å². The second-order valence-corrected chi connectivity index (χ2v) is 6.65. The average molecular weight is 323 g/mol. The van der Waals surface area contributed by atoms with Crippen LogP contribution in [-0.2, 0) is 23.0 Å². The van der Waals surface area contributed by atoms with Crippen LogP contribution in [0, 0.1) is 0 Å². The van der Waals surface area contributed by atoms with Gasteiger partial charge < -0.3 is 9.30 Å². The van der Waals surface area contributed by atoms with Crippen molar-refractivity contribution in [3.05, 3.63) is 42.5 Å². The summed E-state index contributed by atoms with van der Waals surface area (Å²) in [6.07, 6.45) is 6.68. The number of benzene rings is 1. The molecule has 0 bridgehead atoms. The molecule has 0 fully saturated rings. The molecule has 7 heteroatoms. The number of aryl methyl sites for hydroxylation is 2. The van der Waals surface area contributed by atoms with Crippen LogP contribution in [0.3, 0.4) is 0 Å². The molecule has 0 aliphatic carbocycles. The molecule has 2 aromatic rings. The number of ether oxygens (including phenoxy) is 1. The number of aromatic nitrogens is 2. The van der Waals surface area contributed by atoms with Gasteiger partial charge >= 0.3 is 0 Å². The third-order valence-corrected chi connectivity index (χ3v) is 4.85. The van der Waals surface area contributed by atoms with Crippen molar-refractivity contribution >= 4 is 10.0 Å². The Morgan fingerprint density at radius 2 is 2.18 bits per heavy atom. The summed E-state index contributed by atoms with van der Waals surface area (Å²) in [5.74, 6) is 0.710.